The molecule has 2 N–H and O–H groups in total. The lowest BCUT2D eigenvalue weighted by Gasteiger charge is -2.22. The summed E-state index contributed by atoms with van der Waals surface area (Å²) in [7, 11) is -4.40. The number of para-hydroxylation sites is 1. The van der Waals surface area contributed by atoms with Gasteiger partial charge in [0.25, 0.3) is 10.0 Å². The molecular weight excluding hydrogens is 401 g/mol. The normalized spacial score (nSPS) is 14.6. The molecule has 2 heterocycles. The van der Waals surface area contributed by atoms with Crippen LogP contribution in [0.15, 0.2) is 47.6 Å². The molecule has 0 radical (unpaired) electrons. The van der Waals surface area contributed by atoms with Crippen LogP contribution in [0.4, 0.5) is 19.1 Å². The van der Waals surface area contributed by atoms with Gasteiger partial charge < -0.3 is 4.74 Å². The van der Waals surface area contributed by atoms with Crippen LogP contribution >= 0.6 is 0 Å². The number of hydrazine groups is 3. The van der Waals surface area contributed by atoms with Crippen LogP contribution in [-0.4, -0.2) is 29.9 Å². The Kier molecular flexibility index (Phi) is 5.14. The first-order valence-corrected chi connectivity index (χ1v) is 9.24. The van der Waals surface area contributed by atoms with Gasteiger partial charge in [0, 0.05) is 17.6 Å². The van der Waals surface area contributed by atoms with Crippen LogP contribution < -0.4 is 20.1 Å². The van der Waals surface area contributed by atoms with Gasteiger partial charge in [0.15, 0.2) is 0 Å². The summed E-state index contributed by atoms with van der Waals surface area (Å²) in [5.41, 5.74) is 4.04. The predicted molar refractivity (Wildman–Crippen MR) is 91.5 cm³/mol. The Morgan fingerprint density at radius 3 is 2.39 bits per heavy atom. The second-order valence-corrected chi connectivity index (χ2v) is 7.31. The van der Waals surface area contributed by atoms with E-state index in [2.05, 4.69) is 25.1 Å². The Bertz CT molecular complexity index is 992. The molecule has 0 atom stereocenters. The number of benzene rings is 1. The van der Waals surface area contributed by atoms with Gasteiger partial charge >= 0.3 is 6.36 Å². The molecule has 0 saturated heterocycles. The standard InChI is InChI=1S/C15H15F3N6O3S/c1-10-9-11(2)20-14(19-10)23-7-8-24(21-23)22-28(25,26)13-6-4-3-5-12(13)27-15(16,17)18/h3-9,21-22H,1-2H3. The Labute approximate surface area is 158 Å². The molecule has 0 fully saturated rings. The van der Waals surface area contributed by atoms with E-state index >= 15 is 0 Å². The molecule has 0 unspecified atom stereocenters. The highest BCUT2D eigenvalue weighted by atomic mass is 32.2. The second kappa shape index (κ2) is 7.26. The van der Waals surface area contributed by atoms with E-state index in [4.69, 9.17) is 0 Å². The molecule has 2 aromatic rings. The number of sulfonamides is 1. The van der Waals surface area contributed by atoms with E-state index in [1.54, 1.807) is 19.9 Å². The second-order valence-electron chi connectivity index (χ2n) is 5.68. The molecule has 0 saturated carbocycles. The van der Waals surface area contributed by atoms with Crippen LogP contribution in [0.1, 0.15) is 11.4 Å². The summed E-state index contributed by atoms with van der Waals surface area (Å²) in [5, 5.41) is 2.27. The summed E-state index contributed by atoms with van der Waals surface area (Å²) >= 11 is 0. The van der Waals surface area contributed by atoms with Crippen molar-refractivity contribution in [2.75, 3.05) is 5.01 Å². The van der Waals surface area contributed by atoms with Crippen molar-refractivity contribution in [2.45, 2.75) is 25.1 Å². The smallest absolute Gasteiger partial charge is 0.404 e. The quantitative estimate of drug-likeness (QED) is 0.763. The number of aromatic nitrogens is 2. The van der Waals surface area contributed by atoms with Crippen LogP contribution in [0.3, 0.4) is 0 Å². The van der Waals surface area contributed by atoms with Crippen LogP contribution in [-0.2, 0) is 10.0 Å². The average Bonchev–Trinajstić information content (AvgIpc) is 3.00. The van der Waals surface area contributed by atoms with E-state index in [0.717, 1.165) is 17.3 Å². The molecule has 9 nitrogen and oxygen atoms in total. The van der Waals surface area contributed by atoms with Gasteiger partial charge in [0.05, 0.1) is 6.20 Å². The minimum absolute atomic E-state index is 0.260. The van der Waals surface area contributed by atoms with Gasteiger partial charge in [0.2, 0.25) is 5.95 Å². The van der Waals surface area contributed by atoms with E-state index < -0.39 is 27.0 Å². The first-order chi connectivity index (χ1) is 13.0. The Hall–Kier alpha value is -2.90. The first-order valence-electron chi connectivity index (χ1n) is 7.76. The predicted octanol–water partition coefficient (Wildman–Crippen LogP) is 1.90. The van der Waals surface area contributed by atoms with Crippen molar-refractivity contribution in [3.8, 4) is 5.75 Å². The topological polar surface area (TPSA) is 99.7 Å². The van der Waals surface area contributed by atoms with Crippen molar-refractivity contribution in [3.05, 3.63) is 54.1 Å². The third kappa shape index (κ3) is 4.68. The molecule has 1 aliphatic rings. The summed E-state index contributed by atoms with van der Waals surface area (Å²) < 4.78 is 66.4. The maximum atomic E-state index is 12.5. The highest BCUT2D eigenvalue weighted by molar-refractivity contribution is 7.89. The first kappa shape index (κ1) is 19.9. The van der Waals surface area contributed by atoms with Gasteiger partial charge in [-0.25, -0.2) is 28.5 Å². The largest absolute Gasteiger partial charge is 0.573 e. The van der Waals surface area contributed by atoms with Crippen LogP contribution in [0.5, 0.6) is 5.75 Å². The number of rotatable bonds is 5. The van der Waals surface area contributed by atoms with Crippen LogP contribution in [0, 0.1) is 13.8 Å². The molecule has 28 heavy (non-hydrogen) atoms. The lowest BCUT2D eigenvalue weighted by atomic mass is 10.3. The average molecular weight is 416 g/mol. The summed E-state index contributed by atoms with van der Waals surface area (Å²) in [4.78, 5) is 9.84. The zero-order valence-electron chi connectivity index (χ0n) is 14.6. The van der Waals surface area contributed by atoms with Crippen molar-refractivity contribution >= 4 is 16.0 Å². The molecule has 0 aliphatic carbocycles. The Morgan fingerprint density at radius 2 is 1.75 bits per heavy atom. The number of hydrogen-bond donors (Lipinski definition) is 2. The number of aryl methyl sites for hydroxylation is 2. The SMILES string of the molecule is Cc1cc(C)nc(N2C=CN(NS(=O)(=O)c3ccccc3OC(F)(F)F)N2)n1. The fourth-order valence-electron chi connectivity index (χ4n) is 2.35. The van der Waals surface area contributed by atoms with Crippen molar-refractivity contribution in [1.82, 2.24) is 25.5 Å². The van der Waals surface area contributed by atoms with Crippen molar-refractivity contribution in [3.63, 3.8) is 0 Å². The van der Waals surface area contributed by atoms with E-state index in [9.17, 15) is 21.6 Å². The molecule has 3 rings (SSSR count). The summed E-state index contributed by atoms with van der Waals surface area (Å²) in [5.74, 6) is -0.587. The van der Waals surface area contributed by atoms with E-state index in [-0.39, 0.29) is 5.95 Å². The number of nitrogens with one attached hydrogen (secondary N) is 2. The highest BCUT2D eigenvalue weighted by Crippen LogP contribution is 2.29. The van der Waals surface area contributed by atoms with Crippen LogP contribution in [0.2, 0.25) is 0 Å². The van der Waals surface area contributed by atoms with Crippen molar-refractivity contribution < 1.29 is 26.3 Å². The Morgan fingerprint density at radius 1 is 1.11 bits per heavy atom. The number of anilines is 1. The zero-order valence-corrected chi connectivity index (χ0v) is 15.4. The lowest BCUT2D eigenvalue weighted by Crippen LogP contribution is -2.49. The van der Waals surface area contributed by atoms with Gasteiger partial charge in [-0.2, -0.15) is 0 Å². The van der Waals surface area contributed by atoms with E-state index in [1.165, 1.54) is 29.5 Å². The van der Waals surface area contributed by atoms with Gasteiger partial charge in [0.1, 0.15) is 10.6 Å². The number of nitrogens with zero attached hydrogens (tertiary/aromatic N) is 4. The molecule has 0 spiro atoms. The third-order valence-corrected chi connectivity index (χ3v) is 4.70. The zero-order chi connectivity index (χ0) is 20.5. The molecule has 0 bridgehead atoms. The minimum Gasteiger partial charge on any atom is -0.404 e. The van der Waals surface area contributed by atoms with Crippen molar-refractivity contribution in [2.24, 2.45) is 0 Å². The number of ether oxygens (including phenoxy) is 1. The van der Waals surface area contributed by atoms with Gasteiger partial charge in [-0.1, -0.05) is 12.1 Å². The summed E-state index contributed by atoms with van der Waals surface area (Å²) in [6.45, 7) is 3.55. The number of alkyl halides is 3. The van der Waals surface area contributed by atoms with Gasteiger partial charge in [-0.05, 0) is 32.0 Å². The monoisotopic (exact) mass is 416 g/mol. The van der Waals surface area contributed by atoms with Gasteiger partial charge in [-0.3, -0.25) is 0 Å². The lowest BCUT2D eigenvalue weighted by molar-refractivity contribution is -0.275. The minimum atomic E-state index is -5.03. The molecule has 1 aromatic heterocycles. The fraction of sp³-hybridized carbons (Fsp3) is 0.200. The van der Waals surface area contributed by atoms with Crippen molar-refractivity contribution in [1.29, 1.82) is 0 Å². The number of halogens is 3. The summed E-state index contributed by atoms with van der Waals surface area (Å²) in [6, 6.07) is 6.17. The maximum Gasteiger partial charge on any atom is 0.573 e. The van der Waals surface area contributed by atoms with E-state index in [1.807, 2.05) is 0 Å². The van der Waals surface area contributed by atoms with Crippen LogP contribution in [0.25, 0.3) is 0 Å². The highest BCUT2D eigenvalue weighted by Gasteiger charge is 2.34. The van der Waals surface area contributed by atoms with Gasteiger partial charge in [-0.15, -0.1) is 23.5 Å². The molecule has 13 heteroatoms. The number of hydrogen-bond acceptors (Lipinski definition) is 8. The third-order valence-electron chi connectivity index (χ3n) is 3.35. The summed E-state index contributed by atoms with van der Waals surface area (Å²) in [6.07, 6.45) is -2.30. The molecular formula is C15H15F3N6O3S. The molecule has 1 aliphatic heterocycles. The fourth-order valence-corrected chi connectivity index (χ4v) is 3.44. The molecule has 0 amide bonds. The molecule has 1 aromatic carbocycles. The van der Waals surface area contributed by atoms with E-state index in [0.29, 0.717) is 11.4 Å². The Balaban J connectivity index is 1.77. The maximum absolute atomic E-state index is 12.5. The molecule has 150 valence electrons.